The lowest BCUT2D eigenvalue weighted by Gasteiger charge is -2.06. The standard InChI is InChI=1S/C12H12FN5/c1-2-6-14-11-8-15-18-12(17-11)16-10-5-3-4-9(13)7-10/h2-5,7-8H,1,6H2,(H2,14,16,17,18). The second-order valence-electron chi connectivity index (χ2n) is 3.47. The topological polar surface area (TPSA) is 62.7 Å². The van der Waals surface area contributed by atoms with Crippen molar-refractivity contribution >= 4 is 17.5 Å². The van der Waals surface area contributed by atoms with Crippen LogP contribution in [0, 0.1) is 5.82 Å². The third kappa shape index (κ3) is 3.24. The Kier molecular flexibility index (Phi) is 3.80. The van der Waals surface area contributed by atoms with Crippen molar-refractivity contribution in [3.05, 3.63) is 48.9 Å². The maximum atomic E-state index is 13.0. The third-order valence-electron chi connectivity index (χ3n) is 2.07. The van der Waals surface area contributed by atoms with E-state index in [0.29, 0.717) is 24.0 Å². The molecule has 92 valence electrons. The lowest BCUT2D eigenvalue weighted by molar-refractivity contribution is 0.628. The third-order valence-corrected chi connectivity index (χ3v) is 2.07. The van der Waals surface area contributed by atoms with Gasteiger partial charge in [0.2, 0.25) is 5.95 Å². The highest BCUT2D eigenvalue weighted by Crippen LogP contribution is 2.14. The number of hydrogen-bond acceptors (Lipinski definition) is 5. The average Bonchev–Trinajstić information content (AvgIpc) is 2.37. The summed E-state index contributed by atoms with van der Waals surface area (Å²) >= 11 is 0. The van der Waals surface area contributed by atoms with Gasteiger partial charge in [-0.15, -0.1) is 11.7 Å². The number of anilines is 3. The maximum absolute atomic E-state index is 13.0. The largest absolute Gasteiger partial charge is 0.365 e. The molecule has 0 saturated carbocycles. The Morgan fingerprint density at radius 3 is 3.06 bits per heavy atom. The molecule has 0 unspecified atom stereocenters. The summed E-state index contributed by atoms with van der Waals surface area (Å²) in [5.74, 6) is 0.548. The Morgan fingerprint density at radius 2 is 2.28 bits per heavy atom. The first-order valence-corrected chi connectivity index (χ1v) is 5.35. The Labute approximate surface area is 104 Å². The van der Waals surface area contributed by atoms with E-state index in [9.17, 15) is 4.39 Å². The van der Waals surface area contributed by atoms with Gasteiger partial charge in [0.1, 0.15) is 5.82 Å². The van der Waals surface area contributed by atoms with E-state index in [4.69, 9.17) is 0 Å². The van der Waals surface area contributed by atoms with Crippen LogP contribution in [0.25, 0.3) is 0 Å². The van der Waals surface area contributed by atoms with E-state index >= 15 is 0 Å². The van der Waals surface area contributed by atoms with Crippen LogP contribution in [-0.4, -0.2) is 21.7 Å². The van der Waals surface area contributed by atoms with Crippen molar-refractivity contribution in [2.24, 2.45) is 0 Å². The molecule has 18 heavy (non-hydrogen) atoms. The molecule has 0 bridgehead atoms. The first-order chi connectivity index (χ1) is 8.78. The summed E-state index contributed by atoms with van der Waals surface area (Å²) in [6.45, 7) is 4.17. The van der Waals surface area contributed by atoms with Gasteiger partial charge in [-0.3, -0.25) is 0 Å². The van der Waals surface area contributed by atoms with Crippen molar-refractivity contribution in [1.29, 1.82) is 0 Å². The van der Waals surface area contributed by atoms with Crippen LogP contribution in [0.5, 0.6) is 0 Å². The van der Waals surface area contributed by atoms with Gasteiger partial charge in [-0.1, -0.05) is 12.1 Å². The molecular formula is C12H12FN5. The van der Waals surface area contributed by atoms with Crippen molar-refractivity contribution in [1.82, 2.24) is 15.2 Å². The monoisotopic (exact) mass is 245 g/mol. The highest BCUT2D eigenvalue weighted by Gasteiger charge is 2.01. The van der Waals surface area contributed by atoms with Gasteiger partial charge >= 0.3 is 0 Å². The predicted molar refractivity (Wildman–Crippen MR) is 68.2 cm³/mol. The molecule has 1 aromatic heterocycles. The van der Waals surface area contributed by atoms with Gasteiger partial charge in [0, 0.05) is 12.2 Å². The van der Waals surface area contributed by atoms with E-state index in [-0.39, 0.29) is 5.82 Å². The predicted octanol–water partition coefficient (Wildman–Crippen LogP) is 2.35. The molecular weight excluding hydrogens is 233 g/mol. The van der Waals surface area contributed by atoms with Gasteiger partial charge in [-0.2, -0.15) is 10.1 Å². The molecule has 2 aromatic rings. The lowest BCUT2D eigenvalue weighted by Crippen LogP contribution is -2.05. The van der Waals surface area contributed by atoms with E-state index < -0.39 is 0 Å². The van der Waals surface area contributed by atoms with Crippen LogP contribution in [0.15, 0.2) is 43.1 Å². The number of nitrogens with one attached hydrogen (secondary N) is 2. The maximum Gasteiger partial charge on any atom is 0.249 e. The first-order valence-electron chi connectivity index (χ1n) is 5.35. The molecule has 0 fully saturated rings. The lowest BCUT2D eigenvalue weighted by atomic mass is 10.3. The number of halogens is 1. The van der Waals surface area contributed by atoms with Gasteiger partial charge in [0.15, 0.2) is 5.82 Å². The average molecular weight is 245 g/mol. The van der Waals surface area contributed by atoms with Gasteiger partial charge in [-0.25, -0.2) is 4.39 Å². The smallest absolute Gasteiger partial charge is 0.249 e. The summed E-state index contributed by atoms with van der Waals surface area (Å²) in [6, 6.07) is 6.04. The summed E-state index contributed by atoms with van der Waals surface area (Å²) in [5.41, 5.74) is 0.567. The minimum atomic E-state index is -0.325. The molecule has 0 saturated heterocycles. The molecule has 6 heteroatoms. The summed E-state index contributed by atoms with van der Waals surface area (Å²) in [6.07, 6.45) is 3.21. The number of rotatable bonds is 5. The van der Waals surface area contributed by atoms with Crippen molar-refractivity contribution in [2.75, 3.05) is 17.2 Å². The van der Waals surface area contributed by atoms with Crippen LogP contribution in [0.2, 0.25) is 0 Å². The minimum Gasteiger partial charge on any atom is -0.365 e. The second-order valence-corrected chi connectivity index (χ2v) is 3.47. The minimum absolute atomic E-state index is 0.301. The molecule has 2 rings (SSSR count). The Bertz CT molecular complexity index is 543. The van der Waals surface area contributed by atoms with Crippen molar-refractivity contribution in [2.45, 2.75) is 0 Å². The van der Waals surface area contributed by atoms with Crippen LogP contribution in [0.1, 0.15) is 0 Å². The highest BCUT2D eigenvalue weighted by atomic mass is 19.1. The molecule has 1 aromatic carbocycles. The Balaban J connectivity index is 2.11. The van der Waals surface area contributed by atoms with Crippen LogP contribution in [0.4, 0.5) is 21.8 Å². The van der Waals surface area contributed by atoms with E-state index in [0.717, 1.165) is 0 Å². The molecule has 0 aliphatic carbocycles. The van der Waals surface area contributed by atoms with E-state index in [1.165, 1.54) is 18.3 Å². The van der Waals surface area contributed by atoms with E-state index in [1.54, 1.807) is 18.2 Å². The molecule has 0 aliphatic rings. The van der Waals surface area contributed by atoms with Gasteiger partial charge in [0.25, 0.3) is 0 Å². The normalized spacial score (nSPS) is 9.83. The highest BCUT2D eigenvalue weighted by molar-refractivity contribution is 5.53. The summed E-state index contributed by atoms with van der Waals surface area (Å²) in [4.78, 5) is 4.17. The van der Waals surface area contributed by atoms with E-state index in [1.807, 2.05) is 0 Å². The number of aromatic nitrogens is 3. The van der Waals surface area contributed by atoms with Gasteiger partial charge in [0.05, 0.1) is 6.20 Å². The second kappa shape index (κ2) is 5.72. The quantitative estimate of drug-likeness (QED) is 0.792. The van der Waals surface area contributed by atoms with Crippen LogP contribution < -0.4 is 10.6 Å². The number of benzene rings is 1. The summed E-state index contributed by atoms with van der Waals surface area (Å²) < 4.78 is 13.0. The van der Waals surface area contributed by atoms with Crippen LogP contribution in [0.3, 0.4) is 0 Å². The zero-order chi connectivity index (χ0) is 12.8. The van der Waals surface area contributed by atoms with Crippen LogP contribution >= 0.6 is 0 Å². The summed E-state index contributed by atoms with van der Waals surface area (Å²) in [7, 11) is 0. The van der Waals surface area contributed by atoms with Crippen molar-refractivity contribution in [3.63, 3.8) is 0 Å². The Hall–Kier alpha value is -2.50. The molecule has 0 atom stereocenters. The molecule has 0 amide bonds. The molecule has 5 nitrogen and oxygen atoms in total. The fourth-order valence-corrected chi connectivity index (χ4v) is 1.31. The molecule has 0 radical (unpaired) electrons. The summed E-state index contributed by atoms with van der Waals surface area (Å²) in [5, 5.41) is 13.5. The molecule has 2 N–H and O–H groups in total. The fraction of sp³-hybridized carbons (Fsp3) is 0.0833. The molecule has 0 aliphatic heterocycles. The zero-order valence-electron chi connectivity index (χ0n) is 9.60. The van der Waals surface area contributed by atoms with Gasteiger partial charge < -0.3 is 10.6 Å². The number of nitrogens with zero attached hydrogens (tertiary/aromatic N) is 3. The van der Waals surface area contributed by atoms with Gasteiger partial charge in [-0.05, 0) is 18.2 Å². The molecule has 1 heterocycles. The molecule has 0 spiro atoms. The number of hydrogen-bond donors (Lipinski definition) is 2. The first kappa shape index (κ1) is 12.0. The van der Waals surface area contributed by atoms with Crippen molar-refractivity contribution in [3.8, 4) is 0 Å². The Morgan fingerprint density at radius 1 is 1.39 bits per heavy atom. The zero-order valence-corrected chi connectivity index (χ0v) is 9.60. The van der Waals surface area contributed by atoms with Crippen LogP contribution in [-0.2, 0) is 0 Å². The fourth-order valence-electron chi connectivity index (χ4n) is 1.31. The SMILES string of the molecule is C=CCNc1cnnc(Nc2cccc(F)c2)n1. The van der Waals surface area contributed by atoms with Crippen molar-refractivity contribution < 1.29 is 4.39 Å². The van der Waals surface area contributed by atoms with E-state index in [2.05, 4.69) is 32.4 Å².